The second-order valence-corrected chi connectivity index (χ2v) is 6.92. The van der Waals surface area contributed by atoms with Crippen molar-refractivity contribution in [3.63, 3.8) is 0 Å². The number of ether oxygens (including phenoxy) is 2. The Morgan fingerprint density at radius 1 is 1.14 bits per heavy atom. The number of methoxy groups -OCH3 is 1. The van der Waals surface area contributed by atoms with Gasteiger partial charge < -0.3 is 14.4 Å². The van der Waals surface area contributed by atoms with Crippen LogP contribution in [0, 0.1) is 0 Å². The molecule has 28 heavy (non-hydrogen) atoms. The minimum atomic E-state index is -0.494. The predicted octanol–water partition coefficient (Wildman–Crippen LogP) is 3.75. The molecule has 6 heteroatoms. The lowest BCUT2D eigenvalue weighted by molar-refractivity contribution is -0.151. The molecule has 0 saturated carbocycles. The lowest BCUT2D eigenvalue weighted by atomic mass is 10.00. The molecule has 0 fully saturated rings. The van der Waals surface area contributed by atoms with E-state index in [1.807, 2.05) is 18.2 Å². The molecule has 0 atom stereocenters. The van der Waals surface area contributed by atoms with Crippen LogP contribution in [0.1, 0.15) is 17.5 Å². The third-order valence-electron chi connectivity index (χ3n) is 4.64. The van der Waals surface area contributed by atoms with E-state index >= 15 is 0 Å². The van der Waals surface area contributed by atoms with Crippen LogP contribution < -0.4 is 4.74 Å². The second kappa shape index (κ2) is 9.42. The Labute approximate surface area is 169 Å². The number of carbonyl (C=O) groups is 2. The fraction of sp³-hybridized carbons (Fsp3) is 0.273. The monoisotopic (exact) mass is 399 g/mol. The Hall–Kier alpha value is -2.79. The molecule has 2 aromatic rings. The highest BCUT2D eigenvalue weighted by Gasteiger charge is 2.19. The van der Waals surface area contributed by atoms with Crippen LogP contribution in [0.15, 0.2) is 54.6 Å². The Morgan fingerprint density at radius 3 is 2.61 bits per heavy atom. The van der Waals surface area contributed by atoms with Gasteiger partial charge in [-0.25, -0.2) is 0 Å². The summed E-state index contributed by atoms with van der Waals surface area (Å²) in [5, 5.41) is 0.508. The van der Waals surface area contributed by atoms with Gasteiger partial charge in [-0.1, -0.05) is 48.0 Å². The summed E-state index contributed by atoms with van der Waals surface area (Å²) in [4.78, 5) is 26.2. The molecule has 0 radical (unpaired) electrons. The standard InChI is InChI=1S/C22H22ClNO4/c1-27-20-8-7-19(23)13-18(20)14-22(26)28-15-21(25)24-11-9-17(10-12-24)16-5-3-2-4-6-16/h2-9,13H,10-12,14-15H2,1H3. The van der Waals surface area contributed by atoms with E-state index < -0.39 is 5.97 Å². The minimum Gasteiger partial charge on any atom is -0.496 e. The van der Waals surface area contributed by atoms with Crippen LogP contribution in [-0.2, 0) is 20.7 Å². The third-order valence-corrected chi connectivity index (χ3v) is 4.88. The number of carbonyl (C=O) groups excluding carboxylic acids is 2. The van der Waals surface area contributed by atoms with E-state index in [1.165, 1.54) is 18.2 Å². The summed E-state index contributed by atoms with van der Waals surface area (Å²) in [6.45, 7) is 0.859. The van der Waals surface area contributed by atoms with E-state index in [1.54, 1.807) is 23.1 Å². The highest BCUT2D eigenvalue weighted by Crippen LogP contribution is 2.24. The van der Waals surface area contributed by atoms with Gasteiger partial charge >= 0.3 is 5.97 Å². The van der Waals surface area contributed by atoms with Crippen LogP contribution in [0.2, 0.25) is 5.02 Å². The van der Waals surface area contributed by atoms with Crippen molar-refractivity contribution in [3.05, 3.63) is 70.8 Å². The molecule has 2 aromatic carbocycles. The molecule has 1 amide bonds. The Balaban J connectivity index is 1.50. The fourth-order valence-electron chi connectivity index (χ4n) is 3.14. The maximum atomic E-state index is 12.3. The quantitative estimate of drug-likeness (QED) is 0.694. The molecule has 0 aromatic heterocycles. The van der Waals surface area contributed by atoms with E-state index in [0.717, 1.165) is 6.42 Å². The number of halogens is 1. The molecule has 0 aliphatic carbocycles. The summed E-state index contributed by atoms with van der Waals surface area (Å²) < 4.78 is 10.4. The van der Waals surface area contributed by atoms with Crippen LogP contribution in [0.25, 0.3) is 5.57 Å². The van der Waals surface area contributed by atoms with Gasteiger partial charge in [0.1, 0.15) is 5.75 Å². The van der Waals surface area contributed by atoms with Crippen molar-refractivity contribution in [3.8, 4) is 5.75 Å². The third kappa shape index (κ3) is 5.14. The number of amides is 1. The maximum Gasteiger partial charge on any atom is 0.310 e. The largest absolute Gasteiger partial charge is 0.496 e. The van der Waals surface area contributed by atoms with Crippen LogP contribution in [0.5, 0.6) is 5.75 Å². The van der Waals surface area contributed by atoms with Crippen molar-refractivity contribution in [1.82, 2.24) is 4.90 Å². The van der Waals surface area contributed by atoms with Crippen LogP contribution in [0.4, 0.5) is 0 Å². The van der Waals surface area contributed by atoms with Crippen molar-refractivity contribution in [2.75, 3.05) is 26.8 Å². The lowest BCUT2D eigenvalue weighted by Crippen LogP contribution is -2.37. The molecule has 146 valence electrons. The van der Waals surface area contributed by atoms with Gasteiger partial charge in [-0.05, 0) is 35.8 Å². The summed E-state index contributed by atoms with van der Waals surface area (Å²) in [5.74, 6) is -0.136. The Morgan fingerprint density at radius 2 is 1.93 bits per heavy atom. The van der Waals surface area contributed by atoms with E-state index in [0.29, 0.717) is 29.4 Å². The Bertz CT molecular complexity index is 879. The first-order chi connectivity index (χ1) is 13.6. The summed E-state index contributed by atoms with van der Waals surface area (Å²) in [6.07, 6.45) is 2.83. The number of nitrogens with zero attached hydrogens (tertiary/aromatic N) is 1. The molecule has 1 aliphatic heterocycles. The molecule has 0 saturated heterocycles. The average Bonchev–Trinajstić information content (AvgIpc) is 2.73. The molecule has 0 unspecified atom stereocenters. The van der Waals surface area contributed by atoms with Gasteiger partial charge in [0, 0.05) is 23.7 Å². The van der Waals surface area contributed by atoms with Gasteiger partial charge in [0.05, 0.1) is 13.5 Å². The van der Waals surface area contributed by atoms with E-state index in [2.05, 4.69) is 18.2 Å². The van der Waals surface area contributed by atoms with E-state index in [9.17, 15) is 9.59 Å². The first-order valence-corrected chi connectivity index (χ1v) is 9.45. The van der Waals surface area contributed by atoms with Crippen molar-refractivity contribution >= 4 is 29.1 Å². The first-order valence-electron chi connectivity index (χ1n) is 9.07. The van der Waals surface area contributed by atoms with Crippen LogP contribution >= 0.6 is 11.6 Å². The summed E-state index contributed by atoms with van der Waals surface area (Å²) in [7, 11) is 1.52. The maximum absolute atomic E-state index is 12.3. The van der Waals surface area contributed by atoms with Gasteiger partial charge in [0.15, 0.2) is 6.61 Å². The van der Waals surface area contributed by atoms with Crippen molar-refractivity contribution in [2.45, 2.75) is 12.8 Å². The minimum absolute atomic E-state index is 0.00489. The Kier molecular flexibility index (Phi) is 6.71. The zero-order valence-electron chi connectivity index (χ0n) is 15.7. The fourth-order valence-corrected chi connectivity index (χ4v) is 3.33. The predicted molar refractivity (Wildman–Crippen MR) is 108 cm³/mol. The van der Waals surface area contributed by atoms with Crippen molar-refractivity contribution < 1.29 is 19.1 Å². The SMILES string of the molecule is COc1ccc(Cl)cc1CC(=O)OCC(=O)N1CC=C(c2ccccc2)CC1. The molecule has 0 bridgehead atoms. The van der Waals surface area contributed by atoms with E-state index in [4.69, 9.17) is 21.1 Å². The molecule has 5 nitrogen and oxygen atoms in total. The number of hydrogen-bond donors (Lipinski definition) is 0. The van der Waals surface area contributed by atoms with Gasteiger partial charge in [-0.3, -0.25) is 9.59 Å². The van der Waals surface area contributed by atoms with Crippen molar-refractivity contribution in [1.29, 1.82) is 0 Å². The van der Waals surface area contributed by atoms with Crippen LogP contribution in [-0.4, -0.2) is 43.6 Å². The van der Waals surface area contributed by atoms with Gasteiger partial charge in [0.25, 0.3) is 5.91 Å². The molecular formula is C22H22ClNO4. The molecule has 3 rings (SSSR count). The molecule has 0 N–H and O–H groups in total. The first kappa shape index (κ1) is 20.0. The smallest absolute Gasteiger partial charge is 0.310 e. The topological polar surface area (TPSA) is 55.8 Å². The number of benzene rings is 2. The lowest BCUT2D eigenvalue weighted by Gasteiger charge is -2.26. The number of hydrogen-bond acceptors (Lipinski definition) is 4. The van der Waals surface area contributed by atoms with E-state index in [-0.39, 0.29) is 18.9 Å². The van der Waals surface area contributed by atoms with Crippen molar-refractivity contribution in [2.24, 2.45) is 0 Å². The summed E-state index contributed by atoms with van der Waals surface area (Å²) >= 11 is 5.97. The van der Waals surface area contributed by atoms with Gasteiger partial charge in [-0.2, -0.15) is 0 Å². The molecule has 0 spiro atoms. The molecular weight excluding hydrogens is 378 g/mol. The highest BCUT2D eigenvalue weighted by molar-refractivity contribution is 6.30. The highest BCUT2D eigenvalue weighted by atomic mass is 35.5. The summed E-state index contributed by atoms with van der Waals surface area (Å²) in [5.41, 5.74) is 3.03. The van der Waals surface area contributed by atoms with Gasteiger partial charge in [-0.15, -0.1) is 0 Å². The number of esters is 1. The number of rotatable bonds is 6. The molecule has 1 aliphatic rings. The van der Waals surface area contributed by atoms with Crippen LogP contribution in [0.3, 0.4) is 0 Å². The van der Waals surface area contributed by atoms with Gasteiger partial charge in [0.2, 0.25) is 0 Å². The second-order valence-electron chi connectivity index (χ2n) is 6.48. The molecule has 1 heterocycles. The zero-order valence-corrected chi connectivity index (χ0v) is 16.4. The normalized spacial score (nSPS) is 13.6. The zero-order chi connectivity index (χ0) is 19.9. The summed E-state index contributed by atoms with van der Waals surface area (Å²) in [6, 6.07) is 15.2. The average molecular weight is 400 g/mol.